The van der Waals surface area contributed by atoms with Gasteiger partial charge in [-0.25, -0.2) is 0 Å². The number of nitrogens with zero attached hydrogens (tertiary/aromatic N) is 1. The molecule has 3 aromatic rings. The molecule has 0 spiro atoms. The minimum absolute atomic E-state index is 0.109. The summed E-state index contributed by atoms with van der Waals surface area (Å²) in [5.74, 6) is 0.430. The van der Waals surface area contributed by atoms with E-state index in [2.05, 4.69) is 5.32 Å². The van der Waals surface area contributed by atoms with Gasteiger partial charge in [0, 0.05) is 36.0 Å². The van der Waals surface area contributed by atoms with Crippen LogP contribution in [-0.4, -0.2) is 35.9 Å². The Bertz CT molecular complexity index is 1110. The summed E-state index contributed by atoms with van der Waals surface area (Å²) in [4.78, 5) is 28.5. The number of carbonyl (C=O) groups excluding carboxylic acids is 2. The van der Waals surface area contributed by atoms with Crippen LogP contribution in [-0.2, 0) is 22.6 Å². The summed E-state index contributed by atoms with van der Waals surface area (Å²) in [6, 6.07) is 23.6. The maximum absolute atomic E-state index is 13.5. The normalized spacial score (nSPS) is 11.5. The van der Waals surface area contributed by atoms with Gasteiger partial charge in [0.25, 0.3) is 0 Å². The molecule has 3 rings (SSSR count). The summed E-state index contributed by atoms with van der Waals surface area (Å²) in [5, 5.41) is 4.21. The van der Waals surface area contributed by atoms with Gasteiger partial charge in [0.15, 0.2) is 0 Å². The standard InChI is InChI=1S/C29H32Cl2N2O3/c1-2-17-32-29(35)27(20-22-8-4-3-5-9-22)33(21-23-10-6-11-25(31)19-23)28(34)12-7-18-36-26-15-13-24(30)14-16-26/h3-6,8-11,13-16,19,27H,2,7,12,17-18,20-21H2,1H3,(H,32,35)/t27-/m1/s1. The van der Waals surface area contributed by atoms with Crippen molar-refractivity contribution < 1.29 is 14.3 Å². The Balaban J connectivity index is 1.77. The molecule has 0 saturated carbocycles. The van der Waals surface area contributed by atoms with E-state index in [4.69, 9.17) is 27.9 Å². The van der Waals surface area contributed by atoms with Crippen LogP contribution in [0.15, 0.2) is 78.9 Å². The highest BCUT2D eigenvalue weighted by molar-refractivity contribution is 6.30. The topological polar surface area (TPSA) is 58.6 Å². The van der Waals surface area contributed by atoms with Gasteiger partial charge in [0.1, 0.15) is 11.8 Å². The number of benzene rings is 3. The van der Waals surface area contributed by atoms with Crippen LogP contribution in [0.2, 0.25) is 10.0 Å². The number of carbonyl (C=O) groups is 2. The van der Waals surface area contributed by atoms with Gasteiger partial charge in [-0.3, -0.25) is 9.59 Å². The summed E-state index contributed by atoms with van der Waals surface area (Å²) in [7, 11) is 0. The number of halogens is 2. The van der Waals surface area contributed by atoms with E-state index in [0.29, 0.717) is 41.8 Å². The molecule has 0 aliphatic carbocycles. The zero-order chi connectivity index (χ0) is 25.8. The molecule has 0 unspecified atom stereocenters. The Morgan fingerprint density at radius 3 is 2.33 bits per heavy atom. The molecule has 2 amide bonds. The molecule has 0 aliphatic heterocycles. The Labute approximate surface area is 223 Å². The number of hydrogen-bond donors (Lipinski definition) is 1. The van der Waals surface area contributed by atoms with E-state index in [1.54, 1.807) is 35.2 Å². The maximum Gasteiger partial charge on any atom is 0.243 e. The van der Waals surface area contributed by atoms with Crippen LogP contribution in [0.1, 0.15) is 37.3 Å². The molecule has 7 heteroatoms. The molecule has 5 nitrogen and oxygen atoms in total. The lowest BCUT2D eigenvalue weighted by Gasteiger charge is -2.31. The third kappa shape index (κ3) is 8.89. The van der Waals surface area contributed by atoms with Gasteiger partial charge >= 0.3 is 0 Å². The number of rotatable bonds is 13. The fraction of sp³-hybridized carbons (Fsp3) is 0.310. The van der Waals surface area contributed by atoms with E-state index in [-0.39, 0.29) is 24.8 Å². The number of nitrogens with one attached hydrogen (secondary N) is 1. The fourth-order valence-corrected chi connectivity index (χ4v) is 4.18. The predicted molar refractivity (Wildman–Crippen MR) is 145 cm³/mol. The zero-order valence-corrected chi connectivity index (χ0v) is 22.0. The van der Waals surface area contributed by atoms with Gasteiger partial charge in [0.05, 0.1) is 6.61 Å². The number of ether oxygens (including phenoxy) is 1. The van der Waals surface area contributed by atoms with Crippen molar-refractivity contribution in [2.24, 2.45) is 0 Å². The molecule has 0 bridgehead atoms. The summed E-state index contributed by atoms with van der Waals surface area (Å²) < 4.78 is 5.76. The van der Waals surface area contributed by atoms with Gasteiger partial charge in [-0.15, -0.1) is 0 Å². The summed E-state index contributed by atoms with van der Waals surface area (Å²) in [6.07, 6.45) is 2.00. The highest BCUT2D eigenvalue weighted by atomic mass is 35.5. The molecule has 0 aromatic heterocycles. The third-order valence-electron chi connectivity index (χ3n) is 5.68. The van der Waals surface area contributed by atoms with Crippen molar-refractivity contribution in [1.82, 2.24) is 10.2 Å². The van der Waals surface area contributed by atoms with Gasteiger partial charge in [-0.2, -0.15) is 0 Å². The maximum atomic E-state index is 13.5. The lowest BCUT2D eigenvalue weighted by molar-refractivity contribution is -0.141. The van der Waals surface area contributed by atoms with Crippen molar-refractivity contribution in [2.75, 3.05) is 13.2 Å². The van der Waals surface area contributed by atoms with Crippen LogP contribution < -0.4 is 10.1 Å². The highest BCUT2D eigenvalue weighted by Gasteiger charge is 2.30. The Morgan fingerprint density at radius 1 is 0.917 bits per heavy atom. The van der Waals surface area contributed by atoms with Gasteiger partial charge in [0.2, 0.25) is 11.8 Å². The van der Waals surface area contributed by atoms with Crippen molar-refractivity contribution in [3.8, 4) is 5.75 Å². The Hall–Kier alpha value is -3.02. The summed E-state index contributed by atoms with van der Waals surface area (Å²) >= 11 is 12.1. The molecule has 0 aliphatic rings. The van der Waals surface area contributed by atoms with Crippen molar-refractivity contribution in [2.45, 2.75) is 45.2 Å². The van der Waals surface area contributed by atoms with Crippen LogP contribution in [0.3, 0.4) is 0 Å². The quantitative estimate of drug-likeness (QED) is 0.265. The summed E-state index contributed by atoms with van der Waals surface area (Å²) in [5.41, 5.74) is 1.86. The van der Waals surface area contributed by atoms with Gasteiger partial charge in [-0.05, 0) is 60.4 Å². The lowest BCUT2D eigenvalue weighted by atomic mass is 10.0. The molecule has 1 N–H and O–H groups in total. The second-order valence-electron chi connectivity index (χ2n) is 8.55. The molecule has 36 heavy (non-hydrogen) atoms. The first-order chi connectivity index (χ1) is 17.5. The van der Waals surface area contributed by atoms with E-state index in [0.717, 1.165) is 17.5 Å². The molecule has 0 radical (unpaired) electrons. The van der Waals surface area contributed by atoms with Crippen LogP contribution in [0.25, 0.3) is 0 Å². The Kier molecular flexibility index (Phi) is 11.1. The SMILES string of the molecule is CCCNC(=O)[C@@H](Cc1ccccc1)N(Cc1cccc(Cl)c1)C(=O)CCCOc1ccc(Cl)cc1. The first-order valence-electron chi connectivity index (χ1n) is 12.2. The largest absolute Gasteiger partial charge is 0.494 e. The smallest absolute Gasteiger partial charge is 0.243 e. The second kappa shape index (κ2) is 14.5. The molecule has 1 atom stereocenters. The second-order valence-corrected chi connectivity index (χ2v) is 9.43. The average Bonchev–Trinajstić information content (AvgIpc) is 2.88. The summed E-state index contributed by atoms with van der Waals surface area (Å²) in [6.45, 7) is 3.22. The monoisotopic (exact) mass is 526 g/mol. The fourth-order valence-electron chi connectivity index (χ4n) is 3.84. The van der Waals surface area contributed by atoms with E-state index in [1.165, 1.54) is 0 Å². The highest BCUT2D eigenvalue weighted by Crippen LogP contribution is 2.19. The van der Waals surface area contributed by atoms with Crippen molar-refractivity contribution >= 4 is 35.0 Å². The lowest BCUT2D eigenvalue weighted by Crippen LogP contribution is -2.50. The first-order valence-corrected chi connectivity index (χ1v) is 13.0. The van der Waals surface area contributed by atoms with Crippen LogP contribution in [0.5, 0.6) is 5.75 Å². The van der Waals surface area contributed by atoms with Crippen molar-refractivity contribution in [3.63, 3.8) is 0 Å². The minimum atomic E-state index is -0.650. The van der Waals surface area contributed by atoms with Crippen LogP contribution in [0, 0.1) is 0 Å². The van der Waals surface area contributed by atoms with E-state index in [1.807, 2.05) is 55.5 Å². The average molecular weight is 527 g/mol. The third-order valence-corrected chi connectivity index (χ3v) is 6.17. The van der Waals surface area contributed by atoms with E-state index in [9.17, 15) is 9.59 Å². The van der Waals surface area contributed by atoms with Crippen molar-refractivity contribution in [1.29, 1.82) is 0 Å². The predicted octanol–water partition coefficient (Wildman–Crippen LogP) is 6.32. The minimum Gasteiger partial charge on any atom is -0.494 e. The van der Waals surface area contributed by atoms with Crippen molar-refractivity contribution in [3.05, 3.63) is 100 Å². The van der Waals surface area contributed by atoms with Gasteiger partial charge in [-0.1, -0.05) is 72.6 Å². The molecule has 3 aromatic carbocycles. The first kappa shape index (κ1) is 27.6. The Morgan fingerprint density at radius 2 is 1.64 bits per heavy atom. The number of hydrogen-bond acceptors (Lipinski definition) is 3. The molecule has 0 saturated heterocycles. The molecule has 0 fully saturated rings. The van der Waals surface area contributed by atoms with E-state index >= 15 is 0 Å². The molecule has 190 valence electrons. The number of amides is 2. The molecule has 0 heterocycles. The molecular formula is C29H32Cl2N2O3. The molecular weight excluding hydrogens is 495 g/mol. The van der Waals surface area contributed by atoms with Crippen LogP contribution >= 0.6 is 23.2 Å². The van der Waals surface area contributed by atoms with Crippen LogP contribution in [0.4, 0.5) is 0 Å². The van der Waals surface area contributed by atoms with Gasteiger partial charge < -0.3 is 15.0 Å². The van der Waals surface area contributed by atoms with E-state index < -0.39 is 6.04 Å². The zero-order valence-electron chi connectivity index (χ0n) is 20.5.